The fourth-order valence-corrected chi connectivity index (χ4v) is 2.20. The molecule has 0 amide bonds. The Bertz CT molecular complexity index is 447. The summed E-state index contributed by atoms with van der Waals surface area (Å²) in [5.41, 5.74) is 2.08. The molecular formula is C9H10BrN3. The Hall–Kier alpha value is -0.900. The predicted molar refractivity (Wildman–Crippen MR) is 55.6 cm³/mol. The fraction of sp³-hybridized carbons (Fsp3) is 0.333. The van der Waals surface area contributed by atoms with E-state index in [0.717, 1.165) is 27.6 Å². The van der Waals surface area contributed by atoms with E-state index in [4.69, 9.17) is 0 Å². The summed E-state index contributed by atoms with van der Waals surface area (Å²) < 4.78 is 3.07. The molecule has 2 rings (SSSR count). The van der Waals surface area contributed by atoms with Gasteiger partial charge >= 0.3 is 0 Å². The highest BCUT2D eigenvalue weighted by Crippen LogP contribution is 2.26. The monoisotopic (exact) mass is 239 g/mol. The average molecular weight is 240 g/mol. The van der Waals surface area contributed by atoms with Crippen LogP contribution in [0.25, 0.3) is 11.0 Å². The number of nitrogens with zero attached hydrogens (tertiary/aromatic N) is 3. The molecular weight excluding hydrogens is 230 g/mol. The van der Waals surface area contributed by atoms with Crippen LogP contribution in [0.2, 0.25) is 0 Å². The van der Waals surface area contributed by atoms with E-state index in [0.29, 0.717) is 0 Å². The molecule has 0 atom stereocenters. The lowest BCUT2D eigenvalue weighted by Gasteiger charge is -1.98. The molecule has 4 heteroatoms. The van der Waals surface area contributed by atoms with Crippen molar-refractivity contribution in [2.75, 3.05) is 0 Å². The van der Waals surface area contributed by atoms with Gasteiger partial charge < -0.3 is 4.57 Å². The van der Waals surface area contributed by atoms with Crippen LogP contribution in [0.3, 0.4) is 0 Å². The van der Waals surface area contributed by atoms with E-state index >= 15 is 0 Å². The third kappa shape index (κ3) is 1.25. The molecule has 0 fully saturated rings. The molecule has 0 bridgehead atoms. The van der Waals surface area contributed by atoms with Crippen molar-refractivity contribution in [1.29, 1.82) is 0 Å². The summed E-state index contributed by atoms with van der Waals surface area (Å²) in [6.45, 7) is 2.10. The zero-order valence-electron chi connectivity index (χ0n) is 7.58. The Balaban J connectivity index is 2.88. The summed E-state index contributed by atoms with van der Waals surface area (Å²) in [5.74, 6) is 0. The molecule has 0 saturated heterocycles. The van der Waals surface area contributed by atoms with Crippen molar-refractivity contribution < 1.29 is 0 Å². The lowest BCUT2D eigenvalue weighted by Crippen LogP contribution is -1.93. The first-order valence-electron chi connectivity index (χ1n) is 4.18. The molecule has 0 unspecified atom stereocenters. The molecule has 0 saturated carbocycles. The van der Waals surface area contributed by atoms with Gasteiger partial charge in [0.2, 0.25) is 0 Å². The van der Waals surface area contributed by atoms with E-state index in [1.165, 1.54) is 0 Å². The smallest absolute Gasteiger partial charge is 0.144 e. The van der Waals surface area contributed by atoms with Crippen LogP contribution in [-0.4, -0.2) is 14.5 Å². The molecule has 0 spiro atoms. The Morgan fingerprint density at radius 2 is 2.23 bits per heavy atom. The second kappa shape index (κ2) is 3.10. The maximum absolute atomic E-state index is 4.25. The Labute approximate surface area is 84.9 Å². The molecule has 0 aliphatic heterocycles. The molecule has 0 aromatic carbocycles. The van der Waals surface area contributed by atoms with Gasteiger partial charge in [-0.2, -0.15) is 0 Å². The minimum Gasteiger partial charge on any atom is -0.334 e. The summed E-state index contributed by atoms with van der Waals surface area (Å²) in [6, 6.07) is 0. The molecule has 3 nitrogen and oxygen atoms in total. The quantitative estimate of drug-likeness (QED) is 0.765. The summed E-state index contributed by atoms with van der Waals surface area (Å²) in [5, 5.41) is 1.13. The summed E-state index contributed by atoms with van der Waals surface area (Å²) in [4.78, 5) is 8.48. The number of hydrogen-bond acceptors (Lipinski definition) is 2. The third-order valence-corrected chi connectivity index (χ3v) is 2.72. The van der Waals surface area contributed by atoms with Crippen LogP contribution in [0.1, 0.15) is 12.6 Å². The molecule has 0 aliphatic rings. The first-order valence-corrected chi connectivity index (χ1v) is 4.97. The Morgan fingerprint density at radius 1 is 1.46 bits per heavy atom. The van der Waals surface area contributed by atoms with Gasteiger partial charge in [0.1, 0.15) is 12.0 Å². The van der Waals surface area contributed by atoms with Crippen molar-refractivity contribution in [2.24, 2.45) is 7.05 Å². The highest BCUT2D eigenvalue weighted by Gasteiger charge is 2.09. The van der Waals surface area contributed by atoms with Crippen molar-refractivity contribution in [3.05, 3.63) is 22.7 Å². The minimum absolute atomic E-state index is 0.932. The van der Waals surface area contributed by atoms with Crippen LogP contribution >= 0.6 is 15.9 Å². The molecule has 0 aliphatic carbocycles. The predicted octanol–water partition coefficient (Wildman–Crippen LogP) is 2.29. The van der Waals surface area contributed by atoms with E-state index < -0.39 is 0 Å². The molecule has 68 valence electrons. The summed E-state index contributed by atoms with van der Waals surface area (Å²) in [6.07, 6.45) is 4.56. The van der Waals surface area contributed by atoms with Crippen LogP contribution < -0.4 is 0 Å². The maximum atomic E-state index is 4.25. The first-order chi connectivity index (χ1) is 6.24. The van der Waals surface area contributed by atoms with Gasteiger partial charge in [-0.25, -0.2) is 9.97 Å². The molecule has 2 heterocycles. The topological polar surface area (TPSA) is 30.7 Å². The summed E-state index contributed by atoms with van der Waals surface area (Å²) in [7, 11) is 1.99. The molecule has 2 aromatic heterocycles. The van der Waals surface area contributed by atoms with Crippen LogP contribution in [-0.2, 0) is 13.5 Å². The van der Waals surface area contributed by atoms with Crippen molar-refractivity contribution in [3.63, 3.8) is 0 Å². The largest absolute Gasteiger partial charge is 0.334 e. The lowest BCUT2D eigenvalue weighted by atomic mass is 10.2. The lowest BCUT2D eigenvalue weighted by molar-refractivity contribution is 0.934. The number of aromatic nitrogens is 3. The van der Waals surface area contributed by atoms with Crippen LogP contribution in [0, 0.1) is 0 Å². The van der Waals surface area contributed by atoms with Crippen LogP contribution in [0.5, 0.6) is 0 Å². The third-order valence-electron chi connectivity index (χ3n) is 2.12. The van der Waals surface area contributed by atoms with Gasteiger partial charge in [-0.15, -0.1) is 0 Å². The van der Waals surface area contributed by atoms with E-state index in [9.17, 15) is 0 Å². The standard InChI is InChI=1S/C9H10BrN3/c1-3-7-8-6(10)4-13(2)9(8)12-5-11-7/h4-5H,3H2,1-2H3. The van der Waals surface area contributed by atoms with Gasteiger partial charge in [0.05, 0.1) is 11.1 Å². The summed E-state index contributed by atoms with van der Waals surface area (Å²) >= 11 is 3.51. The van der Waals surface area contributed by atoms with Gasteiger partial charge in [0, 0.05) is 17.7 Å². The molecule has 13 heavy (non-hydrogen) atoms. The normalized spacial score (nSPS) is 11.0. The van der Waals surface area contributed by atoms with Crippen molar-refractivity contribution in [1.82, 2.24) is 14.5 Å². The van der Waals surface area contributed by atoms with Crippen molar-refractivity contribution in [2.45, 2.75) is 13.3 Å². The first kappa shape index (κ1) is 8.69. The molecule has 0 N–H and O–H groups in total. The van der Waals surface area contributed by atoms with E-state index in [-0.39, 0.29) is 0 Å². The van der Waals surface area contributed by atoms with E-state index in [1.807, 2.05) is 17.8 Å². The second-order valence-corrected chi connectivity index (χ2v) is 3.81. The van der Waals surface area contributed by atoms with Gasteiger partial charge in [-0.3, -0.25) is 0 Å². The van der Waals surface area contributed by atoms with Gasteiger partial charge in [0.25, 0.3) is 0 Å². The number of hydrogen-bond donors (Lipinski definition) is 0. The van der Waals surface area contributed by atoms with Crippen LogP contribution in [0.15, 0.2) is 17.0 Å². The highest BCUT2D eigenvalue weighted by atomic mass is 79.9. The average Bonchev–Trinajstić information content (AvgIpc) is 2.43. The zero-order valence-corrected chi connectivity index (χ0v) is 9.17. The fourth-order valence-electron chi connectivity index (χ4n) is 1.49. The van der Waals surface area contributed by atoms with Crippen molar-refractivity contribution in [3.8, 4) is 0 Å². The number of fused-ring (bicyclic) bond motifs is 1. The van der Waals surface area contributed by atoms with Gasteiger partial charge in [-0.1, -0.05) is 6.92 Å². The van der Waals surface area contributed by atoms with Crippen LogP contribution in [0.4, 0.5) is 0 Å². The van der Waals surface area contributed by atoms with E-state index in [2.05, 4.69) is 32.8 Å². The zero-order chi connectivity index (χ0) is 9.42. The Morgan fingerprint density at radius 3 is 2.92 bits per heavy atom. The van der Waals surface area contributed by atoms with E-state index in [1.54, 1.807) is 6.33 Å². The molecule has 2 aromatic rings. The SMILES string of the molecule is CCc1ncnc2c1c(Br)cn2C. The molecule has 0 radical (unpaired) electrons. The Kier molecular flexibility index (Phi) is 2.07. The number of halogens is 1. The minimum atomic E-state index is 0.932. The maximum Gasteiger partial charge on any atom is 0.144 e. The number of aryl methyl sites for hydroxylation is 2. The van der Waals surface area contributed by atoms with Gasteiger partial charge in [-0.05, 0) is 22.4 Å². The van der Waals surface area contributed by atoms with Crippen molar-refractivity contribution >= 4 is 27.0 Å². The van der Waals surface area contributed by atoms with Gasteiger partial charge in [0.15, 0.2) is 0 Å². The number of rotatable bonds is 1. The highest BCUT2D eigenvalue weighted by molar-refractivity contribution is 9.10. The second-order valence-electron chi connectivity index (χ2n) is 2.96.